The lowest BCUT2D eigenvalue weighted by Gasteiger charge is -2.12. The molecule has 2 aromatic rings. The van der Waals surface area contributed by atoms with Gasteiger partial charge in [0.15, 0.2) is 5.82 Å². The van der Waals surface area contributed by atoms with Gasteiger partial charge in [-0.3, -0.25) is 0 Å². The second-order valence-electron chi connectivity index (χ2n) is 5.49. The highest BCUT2D eigenvalue weighted by molar-refractivity contribution is 6.30. The monoisotopic (exact) mass is 317 g/mol. The summed E-state index contributed by atoms with van der Waals surface area (Å²) in [5.74, 6) is 0.490. The number of hydrogen-bond acceptors (Lipinski definition) is 4. The number of carboxylic acids is 1. The van der Waals surface area contributed by atoms with E-state index in [9.17, 15) is 9.90 Å². The summed E-state index contributed by atoms with van der Waals surface area (Å²) in [7, 11) is 0. The molecule has 0 saturated heterocycles. The van der Waals surface area contributed by atoms with E-state index in [2.05, 4.69) is 15.3 Å². The Morgan fingerprint density at radius 3 is 2.59 bits per heavy atom. The van der Waals surface area contributed by atoms with Crippen LogP contribution in [0.1, 0.15) is 28.9 Å². The van der Waals surface area contributed by atoms with Gasteiger partial charge in [-0.2, -0.15) is 0 Å². The maximum absolute atomic E-state index is 11.5. The van der Waals surface area contributed by atoms with Gasteiger partial charge >= 0.3 is 5.97 Å². The van der Waals surface area contributed by atoms with Crippen molar-refractivity contribution in [3.63, 3.8) is 0 Å². The van der Waals surface area contributed by atoms with Crippen LogP contribution in [0.4, 0.5) is 5.82 Å². The number of carboxylic acid groups (broad SMARTS) is 1. The molecule has 1 saturated carbocycles. The lowest BCUT2D eigenvalue weighted by Crippen LogP contribution is -2.14. The molecule has 5 nitrogen and oxygen atoms in total. The molecule has 6 heteroatoms. The van der Waals surface area contributed by atoms with Crippen LogP contribution in [0, 0.1) is 12.8 Å². The zero-order valence-electron chi connectivity index (χ0n) is 12.1. The number of aromatic carboxylic acids is 1. The number of carbonyl (C=O) groups is 1. The SMILES string of the molecule is Cc1nc(-c2ccc(Cl)cc2)nc(NCC2CC2)c1C(=O)O. The molecular formula is C16H16ClN3O2. The molecule has 0 amide bonds. The number of hydrogen-bond donors (Lipinski definition) is 2. The summed E-state index contributed by atoms with van der Waals surface area (Å²) >= 11 is 5.89. The number of anilines is 1. The van der Waals surface area contributed by atoms with Crippen LogP contribution in [0.15, 0.2) is 24.3 Å². The molecule has 0 radical (unpaired) electrons. The summed E-state index contributed by atoms with van der Waals surface area (Å²) in [5.41, 5.74) is 1.39. The van der Waals surface area contributed by atoms with E-state index in [0.29, 0.717) is 28.3 Å². The van der Waals surface area contributed by atoms with Crippen molar-refractivity contribution in [1.82, 2.24) is 9.97 Å². The van der Waals surface area contributed by atoms with Crippen molar-refractivity contribution in [2.24, 2.45) is 5.92 Å². The third kappa shape index (κ3) is 3.20. The molecule has 1 heterocycles. The molecular weight excluding hydrogens is 302 g/mol. The Bertz CT molecular complexity index is 712. The average molecular weight is 318 g/mol. The third-order valence-corrected chi connectivity index (χ3v) is 3.91. The topological polar surface area (TPSA) is 75.1 Å². The van der Waals surface area contributed by atoms with Gasteiger partial charge in [-0.05, 0) is 49.9 Å². The molecule has 22 heavy (non-hydrogen) atoms. The van der Waals surface area contributed by atoms with E-state index in [-0.39, 0.29) is 5.56 Å². The molecule has 1 aliphatic rings. The predicted molar refractivity (Wildman–Crippen MR) is 85.4 cm³/mol. The zero-order valence-corrected chi connectivity index (χ0v) is 12.9. The van der Waals surface area contributed by atoms with E-state index >= 15 is 0 Å². The van der Waals surface area contributed by atoms with Gasteiger partial charge in [0, 0.05) is 17.1 Å². The summed E-state index contributed by atoms with van der Waals surface area (Å²) in [5, 5.41) is 13.2. The van der Waals surface area contributed by atoms with Gasteiger partial charge in [0.2, 0.25) is 0 Å². The van der Waals surface area contributed by atoms with Crippen LogP contribution in [0.25, 0.3) is 11.4 Å². The fourth-order valence-corrected chi connectivity index (χ4v) is 2.37. The first kappa shape index (κ1) is 14.8. The standard InChI is InChI=1S/C16H16ClN3O2/c1-9-13(16(21)22)15(18-8-10-2-3-10)20-14(19-9)11-4-6-12(17)7-5-11/h4-7,10H,2-3,8H2,1H3,(H,21,22)(H,18,19,20). The summed E-state index contributed by atoms with van der Waals surface area (Å²) in [6.45, 7) is 2.43. The van der Waals surface area contributed by atoms with Crippen molar-refractivity contribution >= 4 is 23.4 Å². The van der Waals surface area contributed by atoms with Crippen LogP contribution < -0.4 is 5.32 Å². The Morgan fingerprint density at radius 2 is 2.00 bits per heavy atom. The molecule has 1 aromatic carbocycles. The summed E-state index contributed by atoms with van der Waals surface area (Å²) < 4.78 is 0. The van der Waals surface area contributed by atoms with E-state index in [0.717, 1.165) is 12.1 Å². The van der Waals surface area contributed by atoms with Crippen LogP contribution in [-0.2, 0) is 0 Å². The van der Waals surface area contributed by atoms with Crippen LogP contribution in [-0.4, -0.2) is 27.6 Å². The highest BCUT2D eigenvalue weighted by Gasteiger charge is 2.23. The smallest absolute Gasteiger partial charge is 0.341 e. The minimum atomic E-state index is -1.02. The average Bonchev–Trinajstić information content (AvgIpc) is 3.29. The quantitative estimate of drug-likeness (QED) is 0.880. The third-order valence-electron chi connectivity index (χ3n) is 3.66. The zero-order chi connectivity index (χ0) is 15.7. The molecule has 0 atom stereocenters. The highest BCUT2D eigenvalue weighted by atomic mass is 35.5. The molecule has 0 aliphatic heterocycles. The lowest BCUT2D eigenvalue weighted by molar-refractivity contribution is 0.0696. The molecule has 0 unspecified atom stereocenters. The second-order valence-corrected chi connectivity index (χ2v) is 5.93. The number of benzene rings is 1. The molecule has 0 spiro atoms. The van der Waals surface area contributed by atoms with Crippen molar-refractivity contribution in [2.75, 3.05) is 11.9 Å². The Morgan fingerprint density at radius 1 is 1.32 bits per heavy atom. The Labute approximate surface area is 133 Å². The fraction of sp³-hybridized carbons (Fsp3) is 0.312. The fourth-order valence-electron chi connectivity index (χ4n) is 2.25. The van der Waals surface area contributed by atoms with Gasteiger partial charge in [0.25, 0.3) is 0 Å². The number of aromatic nitrogens is 2. The van der Waals surface area contributed by atoms with E-state index in [4.69, 9.17) is 11.6 Å². The van der Waals surface area contributed by atoms with Crippen LogP contribution in [0.5, 0.6) is 0 Å². The number of nitrogens with one attached hydrogen (secondary N) is 1. The van der Waals surface area contributed by atoms with Crippen molar-refractivity contribution in [1.29, 1.82) is 0 Å². The number of aryl methyl sites for hydroxylation is 1. The van der Waals surface area contributed by atoms with Gasteiger partial charge < -0.3 is 10.4 Å². The molecule has 0 bridgehead atoms. The first-order valence-corrected chi connectivity index (χ1v) is 7.54. The predicted octanol–water partition coefficient (Wildman–Crippen LogP) is 3.63. The Balaban J connectivity index is 2.00. The summed E-state index contributed by atoms with van der Waals surface area (Å²) in [6, 6.07) is 7.17. The summed E-state index contributed by atoms with van der Waals surface area (Å²) in [6.07, 6.45) is 2.37. The van der Waals surface area contributed by atoms with E-state index in [1.165, 1.54) is 12.8 Å². The van der Waals surface area contributed by atoms with Crippen LogP contribution >= 0.6 is 11.6 Å². The van der Waals surface area contributed by atoms with Crippen molar-refractivity contribution < 1.29 is 9.90 Å². The second kappa shape index (κ2) is 5.93. The molecule has 1 fully saturated rings. The van der Waals surface area contributed by atoms with Gasteiger partial charge in [0.05, 0.1) is 5.69 Å². The maximum atomic E-state index is 11.5. The first-order chi connectivity index (χ1) is 10.5. The lowest BCUT2D eigenvalue weighted by atomic mass is 10.1. The molecule has 3 rings (SSSR count). The van der Waals surface area contributed by atoms with E-state index < -0.39 is 5.97 Å². The maximum Gasteiger partial charge on any atom is 0.341 e. The van der Waals surface area contributed by atoms with Gasteiger partial charge in [-0.1, -0.05) is 11.6 Å². The van der Waals surface area contributed by atoms with E-state index in [1.807, 2.05) is 12.1 Å². The summed E-state index contributed by atoms with van der Waals surface area (Å²) in [4.78, 5) is 20.2. The minimum absolute atomic E-state index is 0.137. The number of halogens is 1. The Hall–Kier alpha value is -2.14. The van der Waals surface area contributed by atoms with Crippen molar-refractivity contribution in [3.05, 3.63) is 40.5 Å². The van der Waals surface area contributed by atoms with Gasteiger partial charge in [-0.15, -0.1) is 0 Å². The number of nitrogens with zero attached hydrogens (tertiary/aromatic N) is 2. The first-order valence-electron chi connectivity index (χ1n) is 7.16. The number of rotatable bonds is 5. The van der Waals surface area contributed by atoms with Crippen molar-refractivity contribution in [3.8, 4) is 11.4 Å². The van der Waals surface area contributed by atoms with Crippen molar-refractivity contribution in [2.45, 2.75) is 19.8 Å². The largest absolute Gasteiger partial charge is 0.477 e. The van der Waals surface area contributed by atoms with Crippen LogP contribution in [0.2, 0.25) is 5.02 Å². The van der Waals surface area contributed by atoms with E-state index in [1.54, 1.807) is 19.1 Å². The normalized spacial score (nSPS) is 13.9. The highest BCUT2D eigenvalue weighted by Crippen LogP contribution is 2.30. The van der Waals surface area contributed by atoms with Gasteiger partial charge in [-0.25, -0.2) is 14.8 Å². The molecule has 1 aromatic heterocycles. The molecule has 1 aliphatic carbocycles. The van der Waals surface area contributed by atoms with Crippen LogP contribution in [0.3, 0.4) is 0 Å². The Kier molecular flexibility index (Phi) is 3.98. The minimum Gasteiger partial charge on any atom is -0.477 e. The van der Waals surface area contributed by atoms with Gasteiger partial charge in [0.1, 0.15) is 11.4 Å². The molecule has 114 valence electrons. The molecule has 2 N–H and O–H groups in total.